The zero-order valence-electron chi connectivity index (χ0n) is 8.38. The second kappa shape index (κ2) is 4.87. The van der Waals surface area contributed by atoms with E-state index < -0.39 is 18.3 Å². The average molecular weight is 245 g/mol. The van der Waals surface area contributed by atoms with Gasteiger partial charge >= 0.3 is 18.3 Å². The SMILES string of the molecule is C#Cc1cccc(NC(=O)C(F)(F)C(F)F)c1. The number of terminal acetylenes is 1. The van der Waals surface area contributed by atoms with E-state index in [0.29, 0.717) is 5.56 Å². The highest BCUT2D eigenvalue weighted by atomic mass is 19.3. The molecule has 0 aliphatic heterocycles. The van der Waals surface area contributed by atoms with Gasteiger partial charge in [0.15, 0.2) is 0 Å². The van der Waals surface area contributed by atoms with E-state index in [1.165, 1.54) is 24.3 Å². The molecule has 1 aromatic carbocycles. The van der Waals surface area contributed by atoms with Gasteiger partial charge in [-0.25, -0.2) is 8.78 Å². The summed E-state index contributed by atoms with van der Waals surface area (Å²) in [5.74, 6) is -4.58. The molecule has 17 heavy (non-hydrogen) atoms. The van der Waals surface area contributed by atoms with Crippen LogP contribution in [0.3, 0.4) is 0 Å². The summed E-state index contributed by atoms with van der Waals surface area (Å²) < 4.78 is 48.9. The molecular formula is C11H7F4NO. The molecule has 0 saturated heterocycles. The Morgan fingerprint density at radius 1 is 1.41 bits per heavy atom. The minimum Gasteiger partial charge on any atom is -0.321 e. The number of anilines is 1. The van der Waals surface area contributed by atoms with Crippen molar-refractivity contribution in [2.24, 2.45) is 0 Å². The van der Waals surface area contributed by atoms with Crippen LogP contribution in [0.5, 0.6) is 0 Å². The molecule has 0 atom stereocenters. The van der Waals surface area contributed by atoms with Gasteiger partial charge in [-0.15, -0.1) is 6.42 Å². The van der Waals surface area contributed by atoms with Crippen LogP contribution in [0, 0.1) is 12.3 Å². The minimum atomic E-state index is -4.73. The first-order valence-corrected chi connectivity index (χ1v) is 4.42. The van der Waals surface area contributed by atoms with Gasteiger partial charge in [0.25, 0.3) is 0 Å². The Kier molecular flexibility index (Phi) is 3.73. The molecule has 1 amide bonds. The van der Waals surface area contributed by atoms with E-state index in [1.807, 2.05) is 0 Å². The Hall–Kier alpha value is -2.03. The van der Waals surface area contributed by atoms with Gasteiger partial charge in [0.2, 0.25) is 0 Å². The lowest BCUT2D eigenvalue weighted by Crippen LogP contribution is -2.40. The van der Waals surface area contributed by atoms with E-state index in [4.69, 9.17) is 6.42 Å². The number of hydrogen-bond donors (Lipinski definition) is 1. The molecule has 1 N–H and O–H groups in total. The number of rotatable bonds is 3. The summed E-state index contributed by atoms with van der Waals surface area (Å²) in [7, 11) is 0. The molecular weight excluding hydrogens is 238 g/mol. The summed E-state index contributed by atoms with van der Waals surface area (Å²) in [4.78, 5) is 10.9. The van der Waals surface area contributed by atoms with E-state index in [0.717, 1.165) is 0 Å². The summed E-state index contributed by atoms with van der Waals surface area (Å²) >= 11 is 0. The molecule has 2 nitrogen and oxygen atoms in total. The molecule has 6 heteroatoms. The Balaban J connectivity index is 2.85. The second-order valence-electron chi connectivity index (χ2n) is 3.10. The maximum Gasteiger partial charge on any atom is 0.383 e. The largest absolute Gasteiger partial charge is 0.383 e. The van der Waals surface area contributed by atoms with Crippen molar-refractivity contribution >= 4 is 11.6 Å². The van der Waals surface area contributed by atoms with E-state index >= 15 is 0 Å². The van der Waals surface area contributed by atoms with Crippen LogP contribution in [0.1, 0.15) is 5.56 Å². The molecule has 0 aromatic heterocycles. The Morgan fingerprint density at radius 2 is 2.06 bits per heavy atom. The Morgan fingerprint density at radius 3 is 2.59 bits per heavy atom. The monoisotopic (exact) mass is 245 g/mol. The smallest absolute Gasteiger partial charge is 0.321 e. The van der Waals surface area contributed by atoms with E-state index in [1.54, 1.807) is 5.32 Å². The topological polar surface area (TPSA) is 29.1 Å². The van der Waals surface area contributed by atoms with Gasteiger partial charge in [-0.05, 0) is 18.2 Å². The molecule has 0 fully saturated rings. The predicted molar refractivity (Wildman–Crippen MR) is 54.0 cm³/mol. The van der Waals surface area contributed by atoms with Gasteiger partial charge < -0.3 is 5.32 Å². The third kappa shape index (κ3) is 2.97. The van der Waals surface area contributed by atoms with Gasteiger partial charge in [-0.1, -0.05) is 12.0 Å². The predicted octanol–water partition coefficient (Wildman–Crippen LogP) is 2.51. The number of carbonyl (C=O) groups excluding carboxylic acids is 1. The van der Waals surface area contributed by atoms with Crippen LogP contribution in [0.4, 0.5) is 23.2 Å². The molecule has 0 spiro atoms. The zero-order valence-corrected chi connectivity index (χ0v) is 8.38. The van der Waals surface area contributed by atoms with Crippen LogP contribution < -0.4 is 5.32 Å². The van der Waals surface area contributed by atoms with Gasteiger partial charge in [0.1, 0.15) is 0 Å². The number of hydrogen-bond acceptors (Lipinski definition) is 1. The third-order valence-electron chi connectivity index (χ3n) is 1.86. The highest BCUT2D eigenvalue weighted by Crippen LogP contribution is 2.24. The van der Waals surface area contributed by atoms with Crippen LogP contribution in [0.15, 0.2) is 24.3 Å². The van der Waals surface area contributed by atoms with E-state index in [-0.39, 0.29) is 5.69 Å². The summed E-state index contributed by atoms with van der Waals surface area (Å²) in [6.45, 7) is 0. The molecule has 0 aliphatic carbocycles. The summed E-state index contributed by atoms with van der Waals surface area (Å²) in [6, 6.07) is 5.39. The van der Waals surface area contributed by atoms with Crippen molar-refractivity contribution in [3.63, 3.8) is 0 Å². The molecule has 1 aromatic rings. The first-order valence-electron chi connectivity index (χ1n) is 4.42. The lowest BCUT2D eigenvalue weighted by Gasteiger charge is -2.14. The highest BCUT2D eigenvalue weighted by molar-refractivity contribution is 5.96. The van der Waals surface area contributed by atoms with E-state index in [2.05, 4.69) is 5.92 Å². The summed E-state index contributed by atoms with van der Waals surface area (Å²) in [6.07, 6.45) is 0.996. The van der Waals surface area contributed by atoms with Crippen LogP contribution in [-0.4, -0.2) is 18.3 Å². The molecule has 0 heterocycles. The summed E-state index contributed by atoms with van der Waals surface area (Å²) in [5, 5.41) is 1.67. The van der Waals surface area contributed by atoms with Crippen molar-refractivity contribution in [2.75, 3.05) is 5.32 Å². The number of alkyl halides is 4. The lowest BCUT2D eigenvalue weighted by atomic mass is 10.2. The Bertz CT molecular complexity index is 465. The van der Waals surface area contributed by atoms with Crippen molar-refractivity contribution in [3.05, 3.63) is 29.8 Å². The van der Waals surface area contributed by atoms with Gasteiger partial charge in [-0.2, -0.15) is 8.78 Å². The molecule has 0 bridgehead atoms. The van der Waals surface area contributed by atoms with Crippen molar-refractivity contribution < 1.29 is 22.4 Å². The Labute approximate surface area is 94.6 Å². The lowest BCUT2D eigenvalue weighted by molar-refractivity contribution is -0.163. The van der Waals surface area contributed by atoms with Crippen LogP contribution >= 0.6 is 0 Å². The number of benzene rings is 1. The fourth-order valence-electron chi connectivity index (χ4n) is 1.00. The van der Waals surface area contributed by atoms with Crippen molar-refractivity contribution in [1.29, 1.82) is 0 Å². The molecule has 90 valence electrons. The molecule has 1 rings (SSSR count). The number of carbonyl (C=O) groups is 1. The molecule has 0 saturated carbocycles. The third-order valence-corrected chi connectivity index (χ3v) is 1.86. The van der Waals surface area contributed by atoms with Gasteiger partial charge in [0, 0.05) is 11.3 Å². The number of halogens is 4. The maximum atomic E-state index is 12.6. The highest BCUT2D eigenvalue weighted by Gasteiger charge is 2.48. The van der Waals surface area contributed by atoms with Crippen molar-refractivity contribution in [2.45, 2.75) is 12.3 Å². The fourth-order valence-corrected chi connectivity index (χ4v) is 1.00. The zero-order chi connectivity index (χ0) is 13.1. The normalized spacial score (nSPS) is 11.1. The van der Waals surface area contributed by atoms with E-state index in [9.17, 15) is 22.4 Å². The average Bonchev–Trinajstić information content (AvgIpc) is 2.29. The van der Waals surface area contributed by atoms with Crippen LogP contribution in [0.2, 0.25) is 0 Å². The number of amides is 1. The standard InChI is InChI=1S/C11H7F4NO/c1-2-7-4-3-5-8(6-7)16-10(17)11(14,15)9(12)13/h1,3-6,9H,(H,16,17). The summed E-state index contributed by atoms with van der Waals surface area (Å²) in [5.41, 5.74) is 0.272. The van der Waals surface area contributed by atoms with Crippen LogP contribution in [-0.2, 0) is 4.79 Å². The maximum absolute atomic E-state index is 12.6. The van der Waals surface area contributed by atoms with Crippen molar-refractivity contribution in [1.82, 2.24) is 0 Å². The fraction of sp³-hybridized carbons (Fsp3) is 0.182. The molecule has 0 radical (unpaired) electrons. The minimum absolute atomic E-state index is 0.0641. The quantitative estimate of drug-likeness (QED) is 0.643. The second-order valence-corrected chi connectivity index (χ2v) is 3.10. The number of nitrogens with one attached hydrogen (secondary N) is 1. The van der Waals surface area contributed by atoms with Gasteiger partial charge in [0.05, 0.1) is 0 Å². The van der Waals surface area contributed by atoms with Crippen LogP contribution in [0.25, 0.3) is 0 Å². The first-order chi connectivity index (χ1) is 7.87. The first kappa shape index (κ1) is 13.0. The van der Waals surface area contributed by atoms with Crippen molar-refractivity contribution in [3.8, 4) is 12.3 Å². The molecule has 0 unspecified atom stereocenters. The van der Waals surface area contributed by atoms with Gasteiger partial charge in [-0.3, -0.25) is 4.79 Å². The molecule has 0 aliphatic rings.